The van der Waals surface area contributed by atoms with Crippen molar-refractivity contribution in [3.8, 4) is 0 Å². The van der Waals surface area contributed by atoms with Crippen molar-refractivity contribution in [2.45, 2.75) is 25.4 Å². The van der Waals surface area contributed by atoms with Gasteiger partial charge in [-0.05, 0) is 42.0 Å². The van der Waals surface area contributed by atoms with Gasteiger partial charge in [-0.2, -0.15) is 0 Å². The first-order valence-corrected chi connectivity index (χ1v) is 7.90. The Morgan fingerprint density at radius 3 is 2.67 bits per heavy atom. The molecule has 1 unspecified atom stereocenters. The molecule has 0 bridgehead atoms. The highest BCUT2D eigenvalue weighted by Crippen LogP contribution is 2.40. The van der Waals surface area contributed by atoms with E-state index in [0.717, 1.165) is 18.4 Å². The third kappa shape index (κ3) is 3.90. The SMILES string of the molecule is O=C(NCc1ccccc1C(=O)O)NC(c1cccnc1)C1CC1. The van der Waals surface area contributed by atoms with Gasteiger partial charge in [-0.1, -0.05) is 24.3 Å². The molecule has 2 amide bonds. The molecule has 0 saturated heterocycles. The summed E-state index contributed by atoms with van der Waals surface area (Å²) in [7, 11) is 0. The molecular formula is C18H19N3O3. The Hall–Kier alpha value is -2.89. The van der Waals surface area contributed by atoms with Crippen LogP contribution in [0.25, 0.3) is 0 Å². The summed E-state index contributed by atoms with van der Waals surface area (Å²) >= 11 is 0. The average Bonchev–Trinajstić information content (AvgIpc) is 3.43. The first-order chi connectivity index (χ1) is 11.6. The van der Waals surface area contributed by atoms with Crippen molar-refractivity contribution in [3.05, 3.63) is 65.5 Å². The normalized spacial score (nSPS) is 14.7. The Morgan fingerprint density at radius 2 is 2.00 bits per heavy atom. The first kappa shape index (κ1) is 16.0. The summed E-state index contributed by atoms with van der Waals surface area (Å²) in [4.78, 5) is 27.5. The third-order valence-corrected chi connectivity index (χ3v) is 4.11. The molecule has 3 rings (SSSR count). The highest BCUT2D eigenvalue weighted by molar-refractivity contribution is 5.89. The number of nitrogens with one attached hydrogen (secondary N) is 2. The number of hydrogen-bond acceptors (Lipinski definition) is 3. The van der Waals surface area contributed by atoms with Crippen LogP contribution in [0, 0.1) is 5.92 Å². The fraction of sp³-hybridized carbons (Fsp3) is 0.278. The number of aromatic carboxylic acids is 1. The summed E-state index contributed by atoms with van der Waals surface area (Å²) in [6, 6.07) is 10.1. The summed E-state index contributed by atoms with van der Waals surface area (Å²) < 4.78 is 0. The smallest absolute Gasteiger partial charge is 0.336 e. The maximum atomic E-state index is 12.2. The number of amides is 2. The van der Waals surface area contributed by atoms with Crippen LogP contribution in [-0.4, -0.2) is 22.1 Å². The van der Waals surface area contributed by atoms with E-state index in [2.05, 4.69) is 15.6 Å². The van der Waals surface area contributed by atoms with Gasteiger partial charge in [-0.25, -0.2) is 9.59 Å². The molecule has 2 aromatic rings. The van der Waals surface area contributed by atoms with Gasteiger partial charge in [0, 0.05) is 18.9 Å². The van der Waals surface area contributed by atoms with Gasteiger partial charge in [0.2, 0.25) is 0 Å². The van der Waals surface area contributed by atoms with E-state index in [4.69, 9.17) is 0 Å². The number of carboxylic acid groups (broad SMARTS) is 1. The van der Waals surface area contributed by atoms with E-state index in [1.54, 1.807) is 30.6 Å². The molecule has 6 heteroatoms. The van der Waals surface area contributed by atoms with Gasteiger partial charge in [-0.15, -0.1) is 0 Å². The molecule has 1 fully saturated rings. The fourth-order valence-corrected chi connectivity index (χ4v) is 2.71. The molecule has 1 aromatic carbocycles. The molecule has 0 radical (unpaired) electrons. The molecule has 0 aliphatic heterocycles. The maximum Gasteiger partial charge on any atom is 0.336 e. The van der Waals surface area contributed by atoms with Gasteiger partial charge in [-0.3, -0.25) is 4.98 Å². The zero-order chi connectivity index (χ0) is 16.9. The Morgan fingerprint density at radius 1 is 1.21 bits per heavy atom. The minimum atomic E-state index is -1.00. The number of rotatable bonds is 6. The van der Waals surface area contributed by atoms with Gasteiger partial charge >= 0.3 is 12.0 Å². The van der Waals surface area contributed by atoms with Gasteiger partial charge in [0.05, 0.1) is 11.6 Å². The fourth-order valence-electron chi connectivity index (χ4n) is 2.71. The van der Waals surface area contributed by atoms with Crippen molar-refractivity contribution in [2.24, 2.45) is 5.92 Å². The molecule has 1 saturated carbocycles. The second-order valence-corrected chi connectivity index (χ2v) is 5.89. The lowest BCUT2D eigenvalue weighted by Gasteiger charge is -2.19. The summed E-state index contributed by atoms with van der Waals surface area (Å²) in [5.41, 5.74) is 1.76. The largest absolute Gasteiger partial charge is 0.478 e. The molecule has 0 spiro atoms. The van der Waals surface area contributed by atoms with Gasteiger partial charge in [0.25, 0.3) is 0 Å². The lowest BCUT2D eigenvalue weighted by molar-refractivity contribution is 0.0695. The zero-order valence-electron chi connectivity index (χ0n) is 13.1. The predicted octanol–water partition coefficient (Wildman–Crippen LogP) is 2.73. The summed E-state index contributed by atoms with van der Waals surface area (Å²) in [6.45, 7) is 0.165. The van der Waals surface area contributed by atoms with Crippen LogP contribution in [0.15, 0.2) is 48.8 Å². The molecular weight excluding hydrogens is 306 g/mol. The number of nitrogens with zero attached hydrogens (tertiary/aromatic N) is 1. The Kier molecular flexibility index (Phi) is 4.74. The van der Waals surface area contributed by atoms with E-state index < -0.39 is 5.97 Å². The van der Waals surface area contributed by atoms with E-state index >= 15 is 0 Å². The third-order valence-electron chi connectivity index (χ3n) is 4.11. The predicted molar refractivity (Wildman–Crippen MR) is 88.5 cm³/mol. The topological polar surface area (TPSA) is 91.3 Å². The van der Waals surface area contributed by atoms with Crippen LogP contribution < -0.4 is 10.6 Å². The molecule has 124 valence electrons. The van der Waals surface area contributed by atoms with Crippen molar-refractivity contribution in [2.75, 3.05) is 0 Å². The monoisotopic (exact) mass is 325 g/mol. The molecule has 3 N–H and O–H groups in total. The van der Waals surface area contributed by atoms with E-state index in [1.165, 1.54) is 6.07 Å². The number of urea groups is 1. The van der Waals surface area contributed by atoms with E-state index in [0.29, 0.717) is 11.5 Å². The maximum absolute atomic E-state index is 12.2. The summed E-state index contributed by atoms with van der Waals surface area (Å²) in [6.07, 6.45) is 5.64. The number of carbonyl (C=O) groups excluding carboxylic acids is 1. The Bertz CT molecular complexity index is 729. The molecule has 1 aliphatic carbocycles. The summed E-state index contributed by atoms with van der Waals surface area (Å²) in [5.74, 6) is -0.565. The van der Waals surface area contributed by atoms with E-state index in [1.807, 2.05) is 12.1 Å². The van der Waals surface area contributed by atoms with Crippen molar-refractivity contribution in [3.63, 3.8) is 0 Å². The number of benzene rings is 1. The van der Waals surface area contributed by atoms with Crippen LogP contribution in [0.2, 0.25) is 0 Å². The van der Waals surface area contributed by atoms with Crippen LogP contribution >= 0.6 is 0 Å². The number of carbonyl (C=O) groups is 2. The molecule has 1 aliphatic rings. The lowest BCUT2D eigenvalue weighted by Crippen LogP contribution is -2.38. The highest BCUT2D eigenvalue weighted by Gasteiger charge is 2.33. The lowest BCUT2D eigenvalue weighted by atomic mass is 10.0. The zero-order valence-corrected chi connectivity index (χ0v) is 13.1. The van der Waals surface area contributed by atoms with E-state index in [9.17, 15) is 14.7 Å². The second-order valence-electron chi connectivity index (χ2n) is 5.89. The molecule has 1 heterocycles. The van der Waals surface area contributed by atoms with Crippen molar-refractivity contribution < 1.29 is 14.7 Å². The first-order valence-electron chi connectivity index (χ1n) is 7.90. The second kappa shape index (κ2) is 7.12. The Balaban J connectivity index is 1.62. The van der Waals surface area contributed by atoms with Crippen LogP contribution in [0.3, 0.4) is 0 Å². The number of carboxylic acids is 1. The minimum Gasteiger partial charge on any atom is -0.478 e. The molecule has 1 atom stereocenters. The highest BCUT2D eigenvalue weighted by atomic mass is 16.4. The van der Waals surface area contributed by atoms with Crippen LogP contribution in [-0.2, 0) is 6.54 Å². The molecule has 24 heavy (non-hydrogen) atoms. The van der Waals surface area contributed by atoms with Crippen LogP contribution in [0.1, 0.15) is 40.4 Å². The molecule has 6 nitrogen and oxygen atoms in total. The van der Waals surface area contributed by atoms with Gasteiger partial charge in [0.1, 0.15) is 0 Å². The number of aromatic nitrogens is 1. The van der Waals surface area contributed by atoms with Crippen LogP contribution in [0.5, 0.6) is 0 Å². The van der Waals surface area contributed by atoms with Crippen molar-refractivity contribution >= 4 is 12.0 Å². The summed E-state index contributed by atoms with van der Waals surface area (Å²) in [5, 5.41) is 14.9. The quantitative estimate of drug-likeness (QED) is 0.761. The average molecular weight is 325 g/mol. The van der Waals surface area contributed by atoms with Crippen molar-refractivity contribution in [1.29, 1.82) is 0 Å². The van der Waals surface area contributed by atoms with Crippen LogP contribution in [0.4, 0.5) is 4.79 Å². The minimum absolute atomic E-state index is 0.0617. The number of pyridine rings is 1. The Labute approximate surface area is 139 Å². The molecule has 1 aromatic heterocycles. The van der Waals surface area contributed by atoms with Gasteiger partial charge in [0.15, 0.2) is 0 Å². The van der Waals surface area contributed by atoms with Crippen molar-refractivity contribution in [1.82, 2.24) is 15.6 Å². The number of hydrogen-bond donors (Lipinski definition) is 3. The van der Waals surface area contributed by atoms with Gasteiger partial charge < -0.3 is 15.7 Å². The standard InChI is InChI=1S/C18H19N3O3/c22-17(23)15-6-2-1-4-13(15)11-20-18(24)21-16(12-7-8-12)14-5-3-9-19-10-14/h1-6,9-10,12,16H,7-8,11H2,(H,22,23)(H2,20,21,24). The van der Waals surface area contributed by atoms with E-state index in [-0.39, 0.29) is 24.2 Å².